The van der Waals surface area contributed by atoms with Crippen LogP contribution in [0, 0.1) is 0 Å². The first-order valence-corrected chi connectivity index (χ1v) is 12.8. The lowest BCUT2D eigenvalue weighted by Crippen LogP contribution is -2.60. The molecule has 0 bridgehead atoms. The number of benzene rings is 2. The monoisotopic (exact) mass is 693 g/mol. The molecule has 2 aromatic rings. The molecular weight excluding hydrogens is 677 g/mol. The van der Waals surface area contributed by atoms with Gasteiger partial charge in [-0.05, 0) is 48.2 Å². The van der Waals surface area contributed by atoms with Gasteiger partial charge in [0.15, 0.2) is 10.6 Å². The minimum atomic E-state index is -7.05. The fraction of sp³-hybridized carbons (Fsp3) is 0.500. The van der Waals surface area contributed by atoms with Gasteiger partial charge in [-0.15, -0.1) is 0 Å². The molecule has 248 valence electrons. The van der Waals surface area contributed by atoms with E-state index in [-0.39, 0.29) is 21.7 Å². The van der Waals surface area contributed by atoms with Crippen molar-refractivity contribution >= 4 is 18.4 Å². The van der Waals surface area contributed by atoms with E-state index in [4.69, 9.17) is 0 Å². The Bertz CT molecular complexity index is 1190. The summed E-state index contributed by atoms with van der Waals surface area (Å²) in [6, 6.07) is 7.55. The quantitative estimate of drug-likeness (QED) is 0.160. The number of alkyl halides is 18. The number of hydrogen-bond donors (Lipinski definition) is 0. The second kappa shape index (κ2) is 11.9. The molecular formula is C24H16F18OP+. The van der Waals surface area contributed by atoms with Crippen molar-refractivity contribution in [2.45, 2.75) is 73.6 Å². The van der Waals surface area contributed by atoms with Gasteiger partial charge in [-0.2, -0.15) is 79.0 Å². The molecule has 0 aromatic heterocycles. The highest BCUT2D eigenvalue weighted by Crippen LogP contribution is 2.55. The molecule has 0 radical (unpaired) electrons. The van der Waals surface area contributed by atoms with Gasteiger partial charge in [0.2, 0.25) is 0 Å². The van der Waals surface area contributed by atoms with E-state index in [2.05, 4.69) is 0 Å². The van der Waals surface area contributed by atoms with Crippen LogP contribution in [0.25, 0.3) is 0 Å². The van der Waals surface area contributed by atoms with E-state index in [1.54, 1.807) is 0 Å². The Balaban J connectivity index is 2.09. The average Bonchev–Trinajstić information content (AvgIpc) is 2.89. The Kier molecular flexibility index (Phi) is 10.1. The fourth-order valence-corrected chi connectivity index (χ4v) is 4.61. The van der Waals surface area contributed by atoms with Crippen LogP contribution in [-0.2, 0) is 17.4 Å². The van der Waals surface area contributed by atoms with Gasteiger partial charge in [-0.3, -0.25) is 0 Å². The van der Waals surface area contributed by atoms with Crippen molar-refractivity contribution in [2.24, 2.45) is 0 Å². The zero-order valence-electron chi connectivity index (χ0n) is 21.1. The van der Waals surface area contributed by atoms with Crippen molar-refractivity contribution in [1.29, 1.82) is 0 Å². The van der Waals surface area contributed by atoms with Crippen molar-refractivity contribution in [3.8, 4) is 0 Å². The van der Waals surface area contributed by atoms with Gasteiger partial charge in [-0.1, -0.05) is 28.8 Å². The Labute approximate surface area is 236 Å². The predicted molar refractivity (Wildman–Crippen MR) is 118 cm³/mol. The highest BCUT2D eigenvalue weighted by molar-refractivity contribution is 7.61. The average molecular weight is 693 g/mol. The molecule has 0 N–H and O–H groups in total. The molecule has 2 rings (SSSR count). The summed E-state index contributed by atoms with van der Waals surface area (Å²) in [6.45, 7) is 0. The van der Waals surface area contributed by atoms with E-state index in [0.717, 1.165) is 48.5 Å². The largest absolute Gasteiger partial charge is 0.460 e. The molecule has 0 saturated carbocycles. The summed E-state index contributed by atoms with van der Waals surface area (Å²) in [6.07, 6.45) is -20.5. The zero-order chi connectivity index (χ0) is 34.4. The third kappa shape index (κ3) is 6.91. The summed E-state index contributed by atoms with van der Waals surface area (Å²) >= 11 is 0. The maximum absolute atomic E-state index is 13.7. The lowest BCUT2D eigenvalue weighted by molar-refractivity contribution is -0.396. The molecule has 0 unspecified atom stereocenters. The van der Waals surface area contributed by atoms with Crippen molar-refractivity contribution in [3.63, 3.8) is 0 Å². The van der Waals surface area contributed by atoms with Crippen LogP contribution in [-0.4, -0.2) is 47.9 Å². The summed E-state index contributed by atoms with van der Waals surface area (Å²) in [4.78, 5) is 0. The second-order valence-electron chi connectivity index (χ2n) is 9.33. The summed E-state index contributed by atoms with van der Waals surface area (Å²) < 4.78 is 246. The van der Waals surface area contributed by atoms with Crippen LogP contribution in [0.4, 0.5) is 79.0 Å². The number of hydrogen-bond acceptors (Lipinski definition) is 1. The van der Waals surface area contributed by atoms with Crippen LogP contribution < -0.4 is 10.6 Å². The number of aryl methyl sites for hydroxylation is 2. The first-order chi connectivity index (χ1) is 19.5. The standard InChI is InChI=1S/C24H16F18OP/c25-17(26,19(29,30)21(33,34)23(37,38)39)11-9-13-1-5-15(6-2-13)44(43)16-7-3-14(4-8-16)10-12-18(27,28)20(31,32)22(35,36)24(40,41)42/h1-8H,9-12H2/q+1. The normalized spacial score (nSPS) is 14.6. The molecule has 0 amide bonds. The number of halogens is 18. The third-order valence-electron chi connectivity index (χ3n) is 6.22. The Hall–Kier alpha value is -2.72. The molecule has 0 aliphatic rings. The Morgan fingerprint density at radius 3 is 0.886 bits per heavy atom. The molecule has 2 aromatic carbocycles. The highest BCUT2D eigenvalue weighted by Gasteiger charge is 2.82. The fourth-order valence-electron chi connectivity index (χ4n) is 3.48. The van der Waals surface area contributed by atoms with Crippen LogP contribution in [0.3, 0.4) is 0 Å². The molecule has 1 nitrogen and oxygen atoms in total. The SMILES string of the molecule is O=[P+](c1ccc(CCC(F)(F)C(F)(F)C(F)(F)C(F)(F)F)cc1)c1ccc(CCC(F)(F)C(F)(F)C(F)(F)C(F)(F)F)cc1. The van der Waals surface area contributed by atoms with E-state index in [9.17, 15) is 83.6 Å². The molecule has 0 spiro atoms. The van der Waals surface area contributed by atoms with E-state index >= 15 is 0 Å². The molecule has 0 heterocycles. The first-order valence-electron chi connectivity index (χ1n) is 11.6. The maximum atomic E-state index is 13.7. The molecule has 0 aliphatic carbocycles. The smallest absolute Gasteiger partial charge is 0.200 e. The van der Waals surface area contributed by atoms with E-state index in [1.807, 2.05) is 0 Å². The second-order valence-corrected chi connectivity index (χ2v) is 11.0. The van der Waals surface area contributed by atoms with Crippen molar-refractivity contribution in [3.05, 3.63) is 59.7 Å². The molecule has 44 heavy (non-hydrogen) atoms. The van der Waals surface area contributed by atoms with Crippen molar-refractivity contribution < 1.29 is 83.6 Å². The van der Waals surface area contributed by atoms with Crippen LogP contribution in [0.2, 0.25) is 0 Å². The predicted octanol–water partition coefficient (Wildman–Crippen LogP) is 9.27. The minimum Gasteiger partial charge on any atom is -0.200 e. The van der Waals surface area contributed by atoms with Crippen LogP contribution in [0.1, 0.15) is 24.0 Å². The molecule has 0 aliphatic heterocycles. The Morgan fingerprint density at radius 2 is 0.659 bits per heavy atom. The zero-order valence-corrected chi connectivity index (χ0v) is 22.0. The van der Waals surface area contributed by atoms with Crippen molar-refractivity contribution in [2.75, 3.05) is 0 Å². The topological polar surface area (TPSA) is 17.1 Å². The van der Waals surface area contributed by atoms with Gasteiger partial charge in [0.1, 0.15) is 0 Å². The third-order valence-corrected chi connectivity index (χ3v) is 7.75. The number of rotatable bonds is 12. The molecule has 0 atom stereocenters. The van der Waals surface area contributed by atoms with Crippen LogP contribution in [0.5, 0.6) is 0 Å². The van der Waals surface area contributed by atoms with E-state index in [1.165, 1.54) is 0 Å². The lowest BCUT2D eigenvalue weighted by atomic mass is 9.97. The minimum absolute atomic E-state index is 0.0993. The van der Waals surface area contributed by atoms with Gasteiger partial charge >= 0.3 is 55.7 Å². The van der Waals surface area contributed by atoms with Gasteiger partial charge in [0, 0.05) is 12.8 Å². The van der Waals surface area contributed by atoms with Crippen LogP contribution >= 0.6 is 7.80 Å². The molecule has 0 saturated heterocycles. The van der Waals surface area contributed by atoms with Crippen molar-refractivity contribution in [1.82, 2.24) is 0 Å². The van der Waals surface area contributed by atoms with Gasteiger partial charge in [0.05, 0.1) is 0 Å². The summed E-state index contributed by atoms with van der Waals surface area (Å²) in [5, 5.41) is -0.199. The van der Waals surface area contributed by atoms with Crippen LogP contribution in [0.15, 0.2) is 48.5 Å². The molecule has 0 fully saturated rings. The van der Waals surface area contributed by atoms with Gasteiger partial charge in [0.25, 0.3) is 0 Å². The summed E-state index contributed by atoms with van der Waals surface area (Å²) in [7, 11) is -2.59. The molecule has 20 heteroatoms. The van der Waals surface area contributed by atoms with Gasteiger partial charge < -0.3 is 0 Å². The van der Waals surface area contributed by atoms with E-state index in [0.29, 0.717) is 0 Å². The summed E-state index contributed by atoms with van der Waals surface area (Å²) in [5.41, 5.74) is -0.542. The highest BCUT2D eigenvalue weighted by atomic mass is 31.1. The summed E-state index contributed by atoms with van der Waals surface area (Å²) in [5.74, 6) is -39.3. The van der Waals surface area contributed by atoms with E-state index < -0.39 is 81.4 Å². The maximum Gasteiger partial charge on any atom is 0.460 e. The van der Waals surface area contributed by atoms with Gasteiger partial charge in [-0.25, -0.2) is 0 Å². The Morgan fingerprint density at radius 1 is 0.409 bits per heavy atom. The lowest BCUT2D eigenvalue weighted by Gasteiger charge is -2.33. The first kappa shape index (κ1) is 37.5.